The van der Waals surface area contributed by atoms with Crippen molar-refractivity contribution in [3.63, 3.8) is 0 Å². The van der Waals surface area contributed by atoms with E-state index in [9.17, 15) is 18.0 Å². The van der Waals surface area contributed by atoms with E-state index in [1.807, 2.05) is 0 Å². The van der Waals surface area contributed by atoms with Gasteiger partial charge in [0.25, 0.3) is 0 Å². The maximum atomic E-state index is 12.4. The Morgan fingerprint density at radius 1 is 1.37 bits per heavy atom. The van der Waals surface area contributed by atoms with E-state index < -0.39 is 24.3 Å². The van der Waals surface area contributed by atoms with E-state index in [0.717, 1.165) is 16.8 Å². The summed E-state index contributed by atoms with van der Waals surface area (Å²) in [6, 6.07) is 1.90. The molecule has 0 atom stereocenters. The lowest BCUT2D eigenvalue weighted by Crippen LogP contribution is -2.12. The number of carbonyl (C=O) groups is 1. The molecule has 7 nitrogen and oxygen atoms in total. The predicted molar refractivity (Wildman–Crippen MR) is 53.7 cm³/mol. The van der Waals surface area contributed by atoms with Crippen molar-refractivity contribution < 1.29 is 23.1 Å². The summed E-state index contributed by atoms with van der Waals surface area (Å²) in [5.74, 6) is -1.20. The van der Waals surface area contributed by atoms with E-state index in [1.165, 1.54) is 0 Å². The summed E-state index contributed by atoms with van der Waals surface area (Å²) in [5, 5.41) is 18.8. The number of aromatic nitrogens is 5. The molecule has 10 heteroatoms. The molecular formula is C9H6F3N5O2. The largest absolute Gasteiger partial charge is 0.480 e. The van der Waals surface area contributed by atoms with Gasteiger partial charge in [0.1, 0.15) is 12.2 Å². The van der Waals surface area contributed by atoms with Crippen molar-refractivity contribution in [2.75, 3.05) is 0 Å². The Morgan fingerprint density at radius 3 is 2.63 bits per heavy atom. The van der Waals surface area contributed by atoms with Crippen LogP contribution in [0.25, 0.3) is 11.5 Å². The third kappa shape index (κ3) is 2.84. The van der Waals surface area contributed by atoms with Gasteiger partial charge in [-0.05, 0) is 22.6 Å². The summed E-state index contributed by atoms with van der Waals surface area (Å²) in [5.41, 5.74) is -0.854. The Bertz CT molecular complexity index is 593. The summed E-state index contributed by atoms with van der Waals surface area (Å²) < 4.78 is 38.0. The van der Waals surface area contributed by atoms with E-state index in [4.69, 9.17) is 5.11 Å². The zero-order valence-corrected chi connectivity index (χ0v) is 9.16. The van der Waals surface area contributed by atoms with E-state index in [-0.39, 0.29) is 11.5 Å². The van der Waals surface area contributed by atoms with Gasteiger partial charge in [0.15, 0.2) is 0 Å². The molecule has 0 aromatic carbocycles. The van der Waals surface area contributed by atoms with Gasteiger partial charge in [-0.25, -0.2) is 4.68 Å². The first-order chi connectivity index (χ1) is 8.88. The maximum Gasteiger partial charge on any atom is 0.417 e. The zero-order valence-electron chi connectivity index (χ0n) is 9.16. The molecule has 0 saturated carbocycles. The molecule has 0 spiro atoms. The average molecular weight is 273 g/mol. The van der Waals surface area contributed by atoms with Crippen LogP contribution < -0.4 is 0 Å². The first-order valence-corrected chi connectivity index (χ1v) is 4.89. The van der Waals surface area contributed by atoms with Gasteiger partial charge in [0.2, 0.25) is 5.82 Å². The number of hydrogen-bond acceptors (Lipinski definition) is 5. The van der Waals surface area contributed by atoms with Gasteiger partial charge < -0.3 is 5.11 Å². The molecule has 0 fully saturated rings. The quantitative estimate of drug-likeness (QED) is 0.890. The molecule has 0 unspecified atom stereocenters. The molecule has 0 amide bonds. The summed E-state index contributed by atoms with van der Waals surface area (Å²) in [6.45, 7) is -0.509. The smallest absolute Gasteiger partial charge is 0.417 e. The number of pyridine rings is 1. The van der Waals surface area contributed by atoms with Gasteiger partial charge >= 0.3 is 12.1 Å². The Hall–Kier alpha value is -2.52. The van der Waals surface area contributed by atoms with Gasteiger partial charge in [-0.15, -0.1) is 5.10 Å². The minimum Gasteiger partial charge on any atom is -0.480 e. The van der Waals surface area contributed by atoms with Gasteiger partial charge in [-0.1, -0.05) is 0 Å². The number of carboxylic acids is 1. The van der Waals surface area contributed by atoms with Gasteiger partial charge in [0, 0.05) is 6.20 Å². The number of rotatable bonds is 3. The highest BCUT2D eigenvalue weighted by Gasteiger charge is 2.30. The highest BCUT2D eigenvalue weighted by atomic mass is 19.4. The average Bonchev–Trinajstić information content (AvgIpc) is 2.75. The van der Waals surface area contributed by atoms with Crippen molar-refractivity contribution in [1.29, 1.82) is 0 Å². The lowest BCUT2D eigenvalue weighted by atomic mass is 10.2. The number of hydrogen-bond donors (Lipinski definition) is 1. The van der Waals surface area contributed by atoms with E-state index >= 15 is 0 Å². The molecule has 2 aromatic rings. The number of nitrogens with zero attached hydrogens (tertiary/aromatic N) is 5. The molecule has 1 N–H and O–H groups in total. The van der Waals surface area contributed by atoms with Crippen molar-refractivity contribution in [2.24, 2.45) is 0 Å². The molecule has 100 valence electrons. The molecule has 0 radical (unpaired) electrons. The highest BCUT2D eigenvalue weighted by molar-refractivity contribution is 5.67. The van der Waals surface area contributed by atoms with Crippen molar-refractivity contribution >= 4 is 5.97 Å². The molecule has 0 aliphatic rings. The van der Waals surface area contributed by atoms with Crippen LogP contribution in [0.2, 0.25) is 0 Å². The fourth-order valence-electron chi connectivity index (χ4n) is 1.32. The summed E-state index contributed by atoms with van der Waals surface area (Å²) >= 11 is 0. The normalized spacial score (nSPS) is 11.5. The standard InChI is InChI=1S/C9H6F3N5O2/c10-9(11,12)5-1-2-6(13-3-5)8-14-15-16-17(8)4-7(18)19/h1-3H,4H2,(H,18,19). The van der Waals surface area contributed by atoms with E-state index in [0.29, 0.717) is 6.20 Å². The Labute approximate surface area is 103 Å². The highest BCUT2D eigenvalue weighted by Crippen LogP contribution is 2.29. The van der Waals surface area contributed by atoms with E-state index in [2.05, 4.69) is 20.5 Å². The van der Waals surface area contributed by atoms with E-state index in [1.54, 1.807) is 0 Å². The number of alkyl halides is 3. The number of aliphatic carboxylic acids is 1. The van der Waals surface area contributed by atoms with Crippen LogP contribution >= 0.6 is 0 Å². The monoisotopic (exact) mass is 273 g/mol. The summed E-state index contributed by atoms with van der Waals surface area (Å²) in [7, 11) is 0. The molecule has 2 heterocycles. The van der Waals surface area contributed by atoms with Crippen LogP contribution in [0.1, 0.15) is 5.56 Å². The summed E-state index contributed by atoms with van der Waals surface area (Å²) in [4.78, 5) is 14.1. The third-order valence-electron chi connectivity index (χ3n) is 2.14. The van der Waals surface area contributed by atoms with Crippen molar-refractivity contribution in [2.45, 2.75) is 12.7 Å². The first-order valence-electron chi connectivity index (χ1n) is 4.89. The Balaban J connectivity index is 2.33. The second-order valence-electron chi connectivity index (χ2n) is 3.48. The van der Waals surface area contributed by atoms with Gasteiger partial charge in [-0.3, -0.25) is 9.78 Å². The molecular weight excluding hydrogens is 267 g/mol. The molecule has 0 aliphatic heterocycles. The second-order valence-corrected chi connectivity index (χ2v) is 3.48. The number of halogens is 3. The Morgan fingerprint density at radius 2 is 2.11 bits per heavy atom. The topological polar surface area (TPSA) is 93.8 Å². The molecule has 19 heavy (non-hydrogen) atoms. The molecule has 0 bridgehead atoms. The number of carboxylic acid groups (broad SMARTS) is 1. The van der Waals surface area contributed by atoms with Crippen molar-refractivity contribution in [3.8, 4) is 11.5 Å². The van der Waals surface area contributed by atoms with Gasteiger partial charge in [0.05, 0.1) is 5.56 Å². The van der Waals surface area contributed by atoms with Crippen LogP contribution in [-0.2, 0) is 17.5 Å². The summed E-state index contributed by atoms with van der Waals surface area (Å²) in [6.07, 6.45) is -3.85. The lowest BCUT2D eigenvalue weighted by molar-refractivity contribution is -0.138. The predicted octanol–water partition coefficient (Wildman–Crippen LogP) is 0.839. The van der Waals surface area contributed by atoms with Crippen LogP contribution in [0.4, 0.5) is 13.2 Å². The number of tetrazole rings is 1. The van der Waals surface area contributed by atoms with Crippen LogP contribution in [0, 0.1) is 0 Å². The van der Waals surface area contributed by atoms with Gasteiger partial charge in [-0.2, -0.15) is 13.2 Å². The zero-order chi connectivity index (χ0) is 14.0. The molecule has 0 aliphatic carbocycles. The SMILES string of the molecule is O=C(O)Cn1nnnc1-c1ccc(C(F)(F)F)cn1. The minimum atomic E-state index is -4.49. The van der Waals surface area contributed by atoms with Crippen LogP contribution in [0.15, 0.2) is 18.3 Å². The van der Waals surface area contributed by atoms with Crippen molar-refractivity contribution in [1.82, 2.24) is 25.2 Å². The first kappa shape index (κ1) is 12.9. The molecule has 2 aromatic heterocycles. The maximum absolute atomic E-state index is 12.4. The van der Waals surface area contributed by atoms with Crippen LogP contribution in [0.5, 0.6) is 0 Å². The fourth-order valence-corrected chi connectivity index (χ4v) is 1.32. The van der Waals surface area contributed by atoms with Crippen molar-refractivity contribution in [3.05, 3.63) is 23.9 Å². The Kier molecular flexibility index (Phi) is 3.15. The third-order valence-corrected chi connectivity index (χ3v) is 2.14. The molecule has 0 saturated heterocycles. The van der Waals surface area contributed by atoms with Crippen LogP contribution in [-0.4, -0.2) is 36.3 Å². The fraction of sp³-hybridized carbons (Fsp3) is 0.222. The second kappa shape index (κ2) is 4.63. The lowest BCUT2D eigenvalue weighted by Gasteiger charge is -2.06. The molecule has 2 rings (SSSR count). The van der Waals surface area contributed by atoms with Crippen LogP contribution in [0.3, 0.4) is 0 Å². The minimum absolute atomic E-state index is 0.0175.